The van der Waals surface area contributed by atoms with Gasteiger partial charge < -0.3 is 25.2 Å². The summed E-state index contributed by atoms with van der Waals surface area (Å²) in [6, 6.07) is 0. The van der Waals surface area contributed by atoms with Crippen molar-refractivity contribution >= 4 is 23.3 Å². The topological polar surface area (TPSA) is 158 Å². The molecule has 4 N–H and O–H groups in total. The van der Waals surface area contributed by atoms with Gasteiger partial charge in [-0.2, -0.15) is 0 Å². The zero-order valence-corrected chi connectivity index (χ0v) is 32.5. The first-order chi connectivity index (χ1) is 24.0. The molecular formula is C41H76O9. The lowest BCUT2D eigenvalue weighted by Gasteiger charge is -2.46. The maximum absolute atomic E-state index is 14.1. The molecule has 0 aliphatic heterocycles. The van der Waals surface area contributed by atoms with E-state index in [9.17, 15) is 39.6 Å². The molecule has 4 unspecified atom stereocenters. The van der Waals surface area contributed by atoms with Gasteiger partial charge in [0.2, 0.25) is 5.60 Å². The van der Waals surface area contributed by atoms with Crippen LogP contribution in [-0.2, 0) is 23.9 Å². The number of aliphatic hydroxyl groups excluding tert-OH is 2. The smallest absolute Gasteiger partial charge is 0.306 e. The number of unbranched alkanes of at least 4 members (excludes halogenated alkanes) is 20. The second-order valence-corrected chi connectivity index (χ2v) is 14.5. The van der Waals surface area contributed by atoms with Gasteiger partial charge in [-0.25, -0.2) is 0 Å². The van der Waals surface area contributed by atoms with E-state index in [1.807, 2.05) is 0 Å². The van der Waals surface area contributed by atoms with Gasteiger partial charge in [0.1, 0.15) is 0 Å². The van der Waals surface area contributed by atoms with Crippen molar-refractivity contribution in [2.24, 2.45) is 0 Å². The quantitative estimate of drug-likeness (QED) is 0.0370. The van der Waals surface area contributed by atoms with Gasteiger partial charge in [0.15, 0.2) is 35.2 Å². The maximum atomic E-state index is 14.1. The Morgan fingerprint density at radius 3 is 1.18 bits per heavy atom. The fourth-order valence-corrected chi connectivity index (χ4v) is 6.70. The van der Waals surface area contributed by atoms with Crippen molar-refractivity contribution in [2.45, 2.75) is 231 Å². The van der Waals surface area contributed by atoms with Crippen LogP contribution in [0.25, 0.3) is 0 Å². The van der Waals surface area contributed by atoms with Gasteiger partial charge in [0, 0.05) is 25.7 Å². The van der Waals surface area contributed by atoms with Gasteiger partial charge in [0.25, 0.3) is 0 Å². The van der Waals surface area contributed by atoms with Gasteiger partial charge in [-0.15, -0.1) is 0 Å². The predicted octanol–water partition coefficient (Wildman–Crippen LogP) is 8.42. The number of hydrogen-bond donors (Lipinski definition) is 4. The lowest BCUT2D eigenvalue weighted by Crippen LogP contribution is -2.76. The minimum atomic E-state index is -3.32. The summed E-state index contributed by atoms with van der Waals surface area (Å²) >= 11 is 0. The molecule has 0 fully saturated rings. The number of ether oxygens (including phenoxy) is 1. The van der Waals surface area contributed by atoms with Crippen LogP contribution in [0.2, 0.25) is 0 Å². The van der Waals surface area contributed by atoms with E-state index in [0.717, 1.165) is 109 Å². The number of ketones is 3. The lowest BCUT2D eigenvalue weighted by atomic mass is 9.67. The number of carbonyl (C=O) groups is 4. The normalized spacial score (nSPS) is 15.2. The average molecular weight is 713 g/mol. The molecule has 0 saturated heterocycles. The van der Waals surface area contributed by atoms with E-state index in [1.54, 1.807) is 0 Å². The summed E-state index contributed by atoms with van der Waals surface area (Å²) in [5, 5.41) is 46.8. The highest BCUT2D eigenvalue weighted by Gasteiger charge is 2.68. The first-order valence-electron chi connectivity index (χ1n) is 20.5. The van der Waals surface area contributed by atoms with Crippen LogP contribution in [-0.4, -0.2) is 73.8 Å². The number of carbonyl (C=O) groups excluding carboxylic acids is 4. The maximum Gasteiger partial charge on any atom is 0.306 e. The fourth-order valence-electron chi connectivity index (χ4n) is 6.70. The van der Waals surface area contributed by atoms with E-state index in [-0.39, 0.29) is 25.7 Å². The summed E-state index contributed by atoms with van der Waals surface area (Å²) in [4.78, 5) is 54.7. The van der Waals surface area contributed by atoms with Crippen LogP contribution in [0.1, 0.15) is 207 Å². The third-order valence-corrected chi connectivity index (χ3v) is 10.1. The molecule has 0 aliphatic carbocycles. The van der Waals surface area contributed by atoms with Crippen molar-refractivity contribution in [1.29, 1.82) is 0 Å². The second-order valence-electron chi connectivity index (χ2n) is 14.5. The van der Waals surface area contributed by atoms with Crippen LogP contribution >= 0.6 is 0 Å². The van der Waals surface area contributed by atoms with Gasteiger partial charge in [0.05, 0.1) is 6.61 Å². The first kappa shape index (κ1) is 48.3. The Bertz CT molecular complexity index is 906. The van der Waals surface area contributed by atoms with Crippen LogP contribution in [0, 0.1) is 0 Å². The van der Waals surface area contributed by atoms with E-state index in [1.165, 1.54) is 0 Å². The molecule has 0 spiro atoms. The van der Waals surface area contributed by atoms with Crippen molar-refractivity contribution < 1.29 is 44.3 Å². The molecule has 0 aromatic carbocycles. The summed E-state index contributed by atoms with van der Waals surface area (Å²) in [5.74, 6) is -3.78. The van der Waals surface area contributed by atoms with Crippen LogP contribution in [0.15, 0.2) is 0 Å². The lowest BCUT2D eigenvalue weighted by molar-refractivity contribution is -0.236. The van der Waals surface area contributed by atoms with E-state index < -0.39 is 53.3 Å². The number of aliphatic hydroxyl groups is 4. The number of Topliss-reactive ketones (excluding diaryl/α,β-unsaturated/α-hetero) is 3. The summed E-state index contributed by atoms with van der Waals surface area (Å²) in [6.07, 6.45) is 14.9. The molecule has 294 valence electrons. The minimum Gasteiger partial charge on any atom is -0.456 e. The third kappa shape index (κ3) is 17.7. The van der Waals surface area contributed by atoms with E-state index in [4.69, 9.17) is 4.74 Å². The SMILES string of the molecule is CCCCCCCCC(=O)OC(CO)C(O)(C(=O)CCCCCCCC)C(O)(C(=O)CCCCCCCC)C(O)C(=O)CCCCCCCC. The Balaban J connectivity index is 6.46. The largest absolute Gasteiger partial charge is 0.456 e. The van der Waals surface area contributed by atoms with Gasteiger partial charge in [-0.3, -0.25) is 19.2 Å². The molecule has 0 bridgehead atoms. The molecule has 9 nitrogen and oxygen atoms in total. The van der Waals surface area contributed by atoms with Gasteiger partial charge in [-0.1, -0.05) is 156 Å². The Morgan fingerprint density at radius 1 is 0.480 bits per heavy atom. The summed E-state index contributed by atoms with van der Waals surface area (Å²) in [6.45, 7) is 7.30. The monoisotopic (exact) mass is 713 g/mol. The van der Waals surface area contributed by atoms with Crippen LogP contribution in [0.5, 0.6) is 0 Å². The zero-order chi connectivity index (χ0) is 37.7. The molecular weight excluding hydrogens is 636 g/mol. The molecule has 0 aliphatic rings. The summed E-state index contributed by atoms with van der Waals surface area (Å²) in [7, 11) is 0. The first-order valence-corrected chi connectivity index (χ1v) is 20.5. The number of hydrogen-bond acceptors (Lipinski definition) is 9. The number of rotatable bonds is 36. The molecule has 0 heterocycles. The van der Waals surface area contributed by atoms with Crippen LogP contribution in [0.4, 0.5) is 0 Å². The van der Waals surface area contributed by atoms with E-state index >= 15 is 0 Å². The van der Waals surface area contributed by atoms with Gasteiger partial charge in [-0.05, 0) is 25.7 Å². The van der Waals surface area contributed by atoms with Crippen LogP contribution in [0.3, 0.4) is 0 Å². The van der Waals surface area contributed by atoms with Crippen LogP contribution < -0.4 is 0 Å². The average Bonchev–Trinajstić information content (AvgIpc) is 3.11. The Labute approximate surface area is 304 Å². The zero-order valence-electron chi connectivity index (χ0n) is 32.5. The van der Waals surface area contributed by atoms with Gasteiger partial charge >= 0.3 is 5.97 Å². The molecule has 0 radical (unpaired) electrons. The third-order valence-electron chi connectivity index (χ3n) is 10.1. The predicted molar refractivity (Wildman–Crippen MR) is 200 cm³/mol. The molecule has 0 aromatic heterocycles. The molecule has 0 aromatic rings. The minimum absolute atomic E-state index is 0.0476. The summed E-state index contributed by atoms with van der Waals surface area (Å²) in [5.41, 5.74) is -6.56. The molecule has 9 heteroatoms. The molecule has 0 saturated carbocycles. The molecule has 50 heavy (non-hydrogen) atoms. The Morgan fingerprint density at radius 2 is 0.800 bits per heavy atom. The van der Waals surface area contributed by atoms with Crippen molar-refractivity contribution in [1.82, 2.24) is 0 Å². The van der Waals surface area contributed by atoms with Crippen molar-refractivity contribution in [3.63, 3.8) is 0 Å². The molecule has 0 rings (SSSR count). The highest BCUT2D eigenvalue weighted by molar-refractivity contribution is 6.04. The van der Waals surface area contributed by atoms with Crippen molar-refractivity contribution in [3.8, 4) is 0 Å². The van der Waals surface area contributed by atoms with E-state index in [2.05, 4.69) is 27.7 Å². The standard InChI is InChI=1S/C41H76O9/c1-5-9-13-17-21-25-29-34(43)39(47)41(49,36(45)31-27-23-19-15-11-7-3)40(48,35(44)30-26-22-18-14-10-6-2)37(33-42)50-38(46)32-28-24-20-16-12-8-4/h37,39,42,47-49H,5-33H2,1-4H3. The molecule has 0 amide bonds. The second kappa shape index (κ2) is 29.9. The van der Waals surface area contributed by atoms with E-state index in [0.29, 0.717) is 44.9 Å². The highest BCUT2D eigenvalue weighted by atomic mass is 16.6. The number of esters is 1. The van der Waals surface area contributed by atoms with Crippen molar-refractivity contribution in [3.05, 3.63) is 0 Å². The Hall–Kier alpha value is -1.68. The fraction of sp³-hybridized carbons (Fsp3) is 0.902. The highest BCUT2D eigenvalue weighted by Crippen LogP contribution is 2.37. The Kier molecular flexibility index (Phi) is 28.8. The molecule has 4 atom stereocenters. The summed E-state index contributed by atoms with van der Waals surface area (Å²) < 4.78 is 5.51. The van der Waals surface area contributed by atoms with Crippen molar-refractivity contribution in [2.75, 3.05) is 6.61 Å².